The summed E-state index contributed by atoms with van der Waals surface area (Å²) in [4.78, 5) is 19.5. The van der Waals surface area contributed by atoms with Crippen molar-refractivity contribution in [2.75, 3.05) is 38.0 Å². The van der Waals surface area contributed by atoms with E-state index in [0.717, 1.165) is 31.3 Å². The number of guanidine groups is 1. The maximum atomic E-state index is 12.1. The van der Waals surface area contributed by atoms with Crippen molar-refractivity contribution in [1.82, 2.24) is 15.5 Å². The van der Waals surface area contributed by atoms with Gasteiger partial charge in [0.1, 0.15) is 0 Å². The minimum atomic E-state index is 0.0677. The molecule has 2 aromatic carbocycles. The van der Waals surface area contributed by atoms with Crippen LogP contribution in [0.5, 0.6) is 0 Å². The largest absolute Gasteiger partial charge is 0.357 e. The summed E-state index contributed by atoms with van der Waals surface area (Å²) in [5.74, 6) is 0.985. The molecule has 1 heterocycles. The number of rotatable bonds is 9. The van der Waals surface area contributed by atoms with Gasteiger partial charge in [-0.25, -0.2) is 0 Å². The molecule has 2 aromatic rings. The molecular weight excluding hydrogens is 386 g/mol. The minimum absolute atomic E-state index is 0.0677. The quantitative estimate of drug-likeness (QED) is 0.426. The van der Waals surface area contributed by atoms with Crippen LogP contribution in [0.4, 0.5) is 5.69 Å². The van der Waals surface area contributed by atoms with E-state index in [2.05, 4.69) is 78.0 Å². The van der Waals surface area contributed by atoms with E-state index in [-0.39, 0.29) is 17.9 Å². The monoisotopic (exact) mass is 421 g/mol. The van der Waals surface area contributed by atoms with Gasteiger partial charge in [-0.3, -0.25) is 14.7 Å². The summed E-state index contributed by atoms with van der Waals surface area (Å²) in [7, 11) is 0. The Labute approximate surface area is 186 Å². The average molecular weight is 422 g/mol. The lowest BCUT2D eigenvalue weighted by Gasteiger charge is -2.29. The highest BCUT2D eigenvalue weighted by Crippen LogP contribution is 2.31. The number of para-hydroxylation sites is 1. The van der Waals surface area contributed by atoms with Crippen molar-refractivity contribution in [3.8, 4) is 0 Å². The Bertz CT molecular complexity index is 863. The molecule has 1 aliphatic heterocycles. The van der Waals surface area contributed by atoms with Crippen LogP contribution in [0.2, 0.25) is 0 Å². The Kier molecular flexibility index (Phi) is 8.47. The number of carbonyl (C=O) groups is 1. The first kappa shape index (κ1) is 22.8. The van der Waals surface area contributed by atoms with Crippen molar-refractivity contribution in [3.63, 3.8) is 0 Å². The van der Waals surface area contributed by atoms with Crippen LogP contribution in [0.1, 0.15) is 50.3 Å². The molecule has 1 amide bonds. The SMILES string of the molecule is CCNC(=NCC(c1ccccc1)N(CC)CC)NCC1CC(=O)Nc2ccccc21. The zero-order chi connectivity index (χ0) is 22.1. The van der Waals surface area contributed by atoms with Crippen molar-refractivity contribution in [2.24, 2.45) is 4.99 Å². The first-order valence-electron chi connectivity index (χ1n) is 11.4. The van der Waals surface area contributed by atoms with Gasteiger partial charge in [0.05, 0.1) is 12.6 Å². The maximum absolute atomic E-state index is 12.1. The van der Waals surface area contributed by atoms with Gasteiger partial charge in [0.2, 0.25) is 5.91 Å². The summed E-state index contributed by atoms with van der Waals surface area (Å²) in [5.41, 5.74) is 3.37. The lowest BCUT2D eigenvalue weighted by atomic mass is 9.90. The molecule has 166 valence electrons. The molecule has 6 nitrogen and oxygen atoms in total. The number of hydrogen-bond donors (Lipinski definition) is 3. The highest BCUT2D eigenvalue weighted by Gasteiger charge is 2.25. The molecule has 0 aromatic heterocycles. The summed E-state index contributed by atoms with van der Waals surface area (Å²) in [6.07, 6.45) is 0.482. The molecule has 3 rings (SSSR count). The van der Waals surface area contributed by atoms with Gasteiger partial charge >= 0.3 is 0 Å². The smallest absolute Gasteiger partial charge is 0.225 e. The second-order valence-corrected chi connectivity index (χ2v) is 7.78. The van der Waals surface area contributed by atoms with Gasteiger partial charge in [-0.1, -0.05) is 62.4 Å². The van der Waals surface area contributed by atoms with Crippen LogP contribution in [0.15, 0.2) is 59.6 Å². The number of carbonyl (C=O) groups excluding carboxylic acids is 1. The average Bonchev–Trinajstić information content (AvgIpc) is 2.80. The van der Waals surface area contributed by atoms with E-state index in [1.165, 1.54) is 11.1 Å². The van der Waals surface area contributed by atoms with Gasteiger partial charge in [-0.15, -0.1) is 0 Å². The topological polar surface area (TPSA) is 68.8 Å². The zero-order valence-corrected chi connectivity index (χ0v) is 18.9. The third-order valence-electron chi connectivity index (χ3n) is 5.83. The summed E-state index contributed by atoms with van der Waals surface area (Å²) in [6, 6.07) is 18.9. The van der Waals surface area contributed by atoms with Crippen LogP contribution < -0.4 is 16.0 Å². The van der Waals surface area contributed by atoms with E-state index in [1.54, 1.807) is 0 Å². The van der Waals surface area contributed by atoms with Gasteiger partial charge < -0.3 is 16.0 Å². The highest BCUT2D eigenvalue weighted by atomic mass is 16.1. The Hall–Kier alpha value is -2.86. The molecule has 0 bridgehead atoms. The van der Waals surface area contributed by atoms with Crippen molar-refractivity contribution in [2.45, 2.75) is 39.2 Å². The molecule has 0 radical (unpaired) electrons. The van der Waals surface area contributed by atoms with Gasteiger partial charge in [0.15, 0.2) is 5.96 Å². The minimum Gasteiger partial charge on any atom is -0.357 e. The number of nitrogens with one attached hydrogen (secondary N) is 3. The lowest BCUT2D eigenvalue weighted by molar-refractivity contribution is -0.116. The fourth-order valence-corrected chi connectivity index (χ4v) is 4.19. The number of aliphatic imine (C=N–C) groups is 1. The molecule has 0 saturated heterocycles. The van der Waals surface area contributed by atoms with Gasteiger partial charge in [0, 0.05) is 31.1 Å². The Morgan fingerprint density at radius 1 is 1.06 bits per heavy atom. The van der Waals surface area contributed by atoms with Gasteiger partial charge in [0.25, 0.3) is 0 Å². The Morgan fingerprint density at radius 2 is 1.77 bits per heavy atom. The van der Waals surface area contributed by atoms with E-state index in [0.29, 0.717) is 19.5 Å². The molecule has 2 atom stereocenters. The number of hydrogen-bond acceptors (Lipinski definition) is 3. The van der Waals surface area contributed by atoms with E-state index < -0.39 is 0 Å². The Morgan fingerprint density at radius 3 is 2.48 bits per heavy atom. The molecule has 3 N–H and O–H groups in total. The highest BCUT2D eigenvalue weighted by molar-refractivity contribution is 5.94. The normalized spacial score (nSPS) is 17.1. The van der Waals surface area contributed by atoms with Crippen molar-refractivity contribution >= 4 is 17.6 Å². The Balaban J connectivity index is 1.73. The molecule has 0 fully saturated rings. The van der Waals surface area contributed by atoms with Gasteiger partial charge in [-0.2, -0.15) is 0 Å². The van der Waals surface area contributed by atoms with Crippen LogP contribution in [-0.2, 0) is 4.79 Å². The first-order valence-corrected chi connectivity index (χ1v) is 11.4. The predicted octanol–water partition coefficient (Wildman–Crippen LogP) is 3.75. The fourth-order valence-electron chi connectivity index (χ4n) is 4.19. The molecule has 6 heteroatoms. The van der Waals surface area contributed by atoms with Gasteiger partial charge in [-0.05, 0) is 37.2 Å². The van der Waals surface area contributed by atoms with E-state index in [1.807, 2.05) is 18.2 Å². The molecule has 31 heavy (non-hydrogen) atoms. The molecule has 2 unspecified atom stereocenters. The van der Waals surface area contributed by atoms with E-state index >= 15 is 0 Å². The zero-order valence-electron chi connectivity index (χ0n) is 18.9. The van der Waals surface area contributed by atoms with Crippen LogP contribution in [0.3, 0.4) is 0 Å². The lowest BCUT2D eigenvalue weighted by Crippen LogP contribution is -2.41. The number of likely N-dealkylation sites (N-methyl/N-ethyl adjacent to an activating group) is 1. The molecule has 1 aliphatic rings. The summed E-state index contributed by atoms with van der Waals surface area (Å²) < 4.78 is 0. The number of amides is 1. The summed E-state index contributed by atoms with van der Waals surface area (Å²) in [5, 5.41) is 9.80. The van der Waals surface area contributed by atoms with Crippen molar-refractivity contribution < 1.29 is 4.79 Å². The number of benzene rings is 2. The summed E-state index contributed by atoms with van der Waals surface area (Å²) in [6.45, 7) is 10.5. The second kappa shape index (κ2) is 11.5. The third kappa shape index (κ3) is 6.07. The molecule has 0 aliphatic carbocycles. The third-order valence-corrected chi connectivity index (χ3v) is 5.83. The fraction of sp³-hybridized carbons (Fsp3) is 0.440. The molecule has 0 spiro atoms. The van der Waals surface area contributed by atoms with Crippen LogP contribution in [0.25, 0.3) is 0 Å². The van der Waals surface area contributed by atoms with E-state index in [4.69, 9.17) is 4.99 Å². The van der Waals surface area contributed by atoms with Crippen LogP contribution >= 0.6 is 0 Å². The van der Waals surface area contributed by atoms with Crippen LogP contribution in [-0.4, -0.2) is 49.5 Å². The number of fused-ring (bicyclic) bond motifs is 1. The first-order chi connectivity index (χ1) is 15.2. The summed E-state index contributed by atoms with van der Waals surface area (Å²) >= 11 is 0. The maximum Gasteiger partial charge on any atom is 0.225 e. The molecule has 0 saturated carbocycles. The van der Waals surface area contributed by atoms with E-state index in [9.17, 15) is 4.79 Å². The number of nitrogens with zero attached hydrogens (tertiary/aromatic N) is 2. The standard InChI is InChI=1S/C25H35N5O/c1-4-26-25(27-17-20-16-24(31)29-22-15-11-10-14-21(20)22)28-18-23(30(5-2)6-3)19-12-8-7-9-13-19/h7-15,20,23H,4-6,16-18H2,1-3H3,(H,29,31)(H2,26,27,28). The van der Waals surface area contributed by atoms with Crippen molar-refractivity contribution in [3.05, 3.63) is 65.7 Å². The van der Waals surface area contributed by atoms with Crippen molar-refractivity contribution in [1.29, 1.82) is 0 Å². The molecular formula is C25H35N5O. The second-order valence-electron chi connectivity index (χ2n) is 7.78. The van der Waals surface area contributed by atoms with Crippen LogP contribution in [0, 0.1) is 0 Å². The number of anilines is 1. The predicted molar refractivity (Wildman–Crippen MR) is 129 cm³/mol.